The number of aryl methyl sites for hydroxylation is 2. The van der Waals surface area contributed by atoms with Crippen LogP contribution in [0.5, 0.6) is 17.2 Å². The van der Waals surface area contributed by atoms with E-state index in [-0.39, 0.29) is 73.4 Å². The van der Waals surface area contributed by atoms with Crippen LogP contribution in [0.2, 0.25) is 0 Å². The van der Waals surface area contributed by atoms with Crippen molar-refractivity contribution < 1.29 is 42.9 Å². The Kier molecular flexibility index (Phi) is 10.2. The summed E-state index contributed by atoms with van der Waals surface area (Å²) < 4.78 is 24.3. The number of aromatic nitrogens is 4. The van der Waals surface area contributed by atoms with Crippen LogP contribution >= 0.6 is 8.19 Å². The molecule has 2 N–H and O–H groups in total. The van der Waals surface area contributed by atoms with Crippen LogP contribution in [-0.4, -0.2) is 93.3 Å². The monoisotopic (exact) mass is 718 g/mol. The second kappa shape index (κ2) is 14.9. The third-order valence-corrected chi connectivity index (χ3v) is 9.22. The molecule has 18 heteroatoms. The maximum absolute atomic E-state index is 13.1. The zero-order chi connectivity index (χ0) is 36.2. The van der Waals surface area contributed by atoms with Crippen LogP contribution in [0.15, 0.2) is 41.4 Å². The molecular formula is C33H35N8O9P. The average molecular weight is 719 g/mol. The van der Waals surface area contributed by atoms with Gasteiger partial charge in [0.05, 0.1) is 38.1 Å². The Morgan fingerprint density at radius 1 is 0.980 bits per heavy atom. The van der Waals surface area contributed by atoms with Crippen LogP contribution < -0.4 is 24.8 Å². The van der Waals surface area contributed by atoms with Gasteiger partial charge in [0.1, 0.15) is 17.3 Å². The van der Waals surface area contributed by atoms with Gasteiger partial charge in [0.15, 0.2) is 22.7 Å². The summed E-state index contributed by atoms with van der Waals surface area (Å²) in [4.78, 5) is 77.9. The molecule has 17 nitrogen and oxygen atoms in total. The number of hydrogen-bond donors (Lipinski definition) is 2. The number of imidazole rings is 1. The first-order chi connectivity index (χ1) is 24.5. The van der Waals surface area contributed by atoms with Gasteiger partial charge in [0.25, 0.3) is 11.8 Å². The molecule has 0 aliphatic carbocycles. The number of benzene rings is 1. The van der Waals surface area contributed by atoms with E-state index in [0.717, 1.165) is 12.8 Å². The van der Waals surface area contributed by atoms with Gasteiger partial charge in [0, 0.05) is 57.8 Å². The first-order valence-corrected chi connectivity index (χ1v) is 17.0. The number of anilines is 2. The standard InChI is InChI=1S/C33H35N8O9P/c1-39-15-19(11-22(39)32(45)48-4)50-33(46)30-38-26(17-51-30)37-29(43)28-36-25(16-40(28)2)35-27(42)8-6-10-49-24-13-21-20(12-23(24)47-3)31(44)41-9-5-7-18(41)14-34-21/h11-18,51H,5-10H2,1-4H3,(H,35,42)(H,37,43). The van der Waals surface area contributed by atoms with Gasteiger partial charge in [0.2, 0.25) is 11.7 Å². The van der Waals surface area contributed by atoms with Crippen molar-refractivity contribution in [1.82, 2.24) is 24.0 Å². The molecule has 2 aliphatic heterocycles. The van der Waals surface area contributed by atoms with Crippen molar-refractivity contribution in [3.63, 3.8) is 0 Å². The van der Waals surface area contributed by atoms with Crippen molar-refractivity contribution in [2.45, 2.75) is 31.7 Å². The summed E-state index contributed by atoms with van der Waals surface area (Å²) in [6.07, 6.45) is 7.04. The summed E-state index contributed by atoms with van der Waals surface area (Å²) in [7, 11) is 5.78. The lowest BCUT2D eigenvalue weighted by molar-refractivity contribution is -0.116. The molecule has 2 aliphatic rings. The number of carbonyl (C=O) groups excluding carboxylic acids is 5. The van der Waals surface area contributed by atoms with Gasteiger partial charge in [-0.3, -0.25) is 19.4 Å². The first-order valence-electron chi connectivity index (χ1n) is 15.9. The molecule has 266 valence electrons. The summed E-state index contributed by atoms with van der Waals surface area (Å²) in [6.45, 7) is 0.884. The number of carbonyl (C=O) groups is 5. The highest BCUT2D eigenvalue weighted by atomic mass is 31.0. The largest absolute Gasteiger partial charge is 0.493 e. The number of nitrogens with one attached hydrogen (secondary N) is 2. The molecule has 1 fully saturated rings. The molecule has 3 amide bonds. The molecule has 3 aromatic heterocycles. The van der Waals surface area contributed by atoms with Gasteiger partial charge < -0.3 is 43.6 Å². The Morgan fingerprint density at radius 2 is 1.80 bits per heavy atom. The Hall–Kier alpha value is -5.96. The van der Waals surface area contributed by atoms with Gasteiger partial charge in [-0.2, -0.15) is 0 Å². The molecule has 51 heavy (non-hydrogen) atoms. The quantitative estimate of drug-likeness (QED) is 0.160. The fraction of sp³-hybridized carbons (Fsp3) is 0.333. The minimum atomic E-state index is -0.730. The van der Waals surface area contributed by atoms with Crippen molar-refractivity contribution in [3.8, 4) is 17.2 Å². The van der Waals surface area contributed by atoms with Gasteiger partial charge in [-0.25, -0.2) is 19.6 Å². The van der Waals surface area contributed by atoms with Crippen molar-refractivity contribution in [2.75, 3.05) is 38.0 Å². The minimum Gasteiger partial charge on any atom is -0.493 e. The van der Waals surface area contributed by atoms with E-state index >= 15 is 0 Å². The lowest BCUT2D eigenvalue weighted by atomic mass is 10.1. The molecular weight excluding hydrogens is 683 g/mol. The van der Waals surface area contributed by atoms with Crippen LogP contribution in [0.3, 0.4) is 0 Å². The van der Waals surface area contributed by atoms with E-state index in [2.05, 4.69) is 25.6 Å². The molecule has 6 rings (SSSR count). The lowest BCUT2D eigenvalue weighted by Crippen LogP contribution is -2.35. The summed E-state index contributed by atoms with van der Waals surface area (Å²) in [6, 6.07) is 4.69. The second-order valence-electron chi connectivity index (χ2n) is 11.7. The number of esters is 2. The van der Waals surface area contributed by atoms with Gasteiger partial charge in [-0.1, -0.05) is 0 Å². The number of ether oxygens (including phenoxy) is 4. The van der Waals surface area contributed by atoms with Crippen molar-refractivity contribution in [2.24, 2.45) is 19.1 Å². The maximum Gasteiger partial charge on any atom is 0.366 e. The zero-order valence-corrected chi connectivity index (χ0v) is 29.2. The van der Waals surface area contributed by atoms with Crippen LogP contribution in [-0.2, 0) is 23.6 Å². The SMILES string of the molecule is COC(=O)c1cc(OC(=O)c2nc(NC(=O)c3nc(NC(=O)CCCOc4cc5c(cc4OC)C(=O)N4CCCC4C=N5)cn3C)c[pH]2)cn1C. The van der Waals surface area contributed by atoms with Gasteiger partial charge in [-0.15, -0.1) is 8.19 Å². The number of rotatable bonds is 12. The predicted octanol–water partition coefficient (Wildman–Crippen LogP) is 3.57. The summed E-state index contributed by atoms with van der Waals surface area (Å²) >= 11 is 0. The van der Waals surface area contributed by atoms with Gasteiger partial charge >= 0.3 is 11.9 Å². The molecule has 4 aromatic rings. The predicted molar refractivity (Wildman–Crippen MR) is 185 cm³/mol. The van der Waals surface area contributed by atoms with E-state index in [1.807, 2.05) is 4.90 Å². The number of amides is 3. The van der Waals surface area contributed by atoms with Crippen LogP contribution in [0.4, 0.5) is 17.3 Å². The maximum atomic E-state index is 13.1. The Labute approximate surface area is 293 Å². The third-order valence-electron chi connectivity index (χ3n) is 8.21. The Balaban J connectivity index is 0.986. The van der Waals surface area contributed by atoms with Gasteiger partial charge in [-0.05, 0) is 31.1 Å². The minimum absolute atomic E-state index is 0.000549. The number of hydrogen-bond acceptors (Lipinski definition) is 12. The summed E-state index contributed by atoms with van der Waals surface area (Å²) in [5, 5.41) is 5.29. The van der Waals surface area contributed by atoms with E-state index in [4.69, 9.17) is 18.9 Å². The van der Waals surface area contributed by atoms with E-state index < -0.39 is 17.8 Å². The van der Waals surface area contributed by atoms with Crippen molar-refractivity contribution >= 4 is 61.4 Å². The molecule has 5 heterocycles. The van der Waals surface area contributed by atoms with E-state index in [9.17, 15) is 24.0 Å². The molecule has 0 bridgehead atoms. The van der Waals surface area contributed by atoms with Crippen LogP contribution in [0, 0.1) is 0 Å². The summed E-state index contributed by atoms with van der Waals surface area (Å²) in [5.41, 5.74) is 1.25. The molecule has 0 spiro atoms. The molecule has 2 unspecified atom stereocenters. The summed E-state index contributed by atoms with van der Waals surface area (Å²) in [5.74, 6) is 0.519. The fourth-order valence-corrected chi connectivity index (χ4v) is 6.46. The first kappa shape index (κ1) is 34.9. The lowest BCUT2D eigenvalue weighted by Gasteiger charge is -2.20. The highest BCUT2D eigenvalue weighted by Crippen LogP contribution is 2.38. The fourth-order valence-electron chi connectivity index (χ4n) is 5.69. The molecule has 1 saturated heterocycles. The Bertz CT molecular complexity index is 2050. The number of aliphatic imine (C=N–C) groups is 1. The molecule has 2 atom stereocenters. The smallest absolute Gasteiger partial charge is 0.366 e. The average Bonchev–Trinajstić information content (AvgIpc) is 3.91. The highest BCUT2D eigenvalue weighted by Gasteiger charge is 2.32. The van der Waals surface area contributed by atoms with E-state index in [0.29, 0.717) is 35.7 Å². The topological polar surface area (TPSA) is 198 Å². The van der Waals surface area contributed by atoms with Crippen LogP contribution in [0.25, 0.3) is 0 Å². The molecule has 1 aromatic carbocycles. The molecule has 0 radical (unpaired) electrons. The number of methoxy groups -OCH3 is 2. The third kappa shape index (κ3) is 7.62. The Morgan fingerprint density at radius 3 is 2.59 bits per heavy atom. The molecule has 0 saturated carbocycles. The highest BCUT2D eigenvalue weighted by molar-refractivity contribution is 7.31. The van der Waals surface area contributed by atoms with Crippen molar-refractivity contribution in [1.29, 1.82) is 0 Å². The van der Waals surface area contributed by atoms with E-state index in [1.54, 1.807) is 38.2 Å². The van der Waals surface area contributed by atoms with Crippen LogP contribution in [0.1, 0.15) is 67.4 Å². The normalized spacial score (nSPS) is 14.9. The number of nitrogens with zero attached hydrogens (tertiary/aromatic N) is 6. The van der Waals surface area contributed by atoms with E-state index in [1.165, 1.54) is 41.8 Å². The zero-order valence-electron chi connectivity index (χ0n) is 28.2. The van der Waals surface area contributed by atoms with Crippen molar-refractivity contribution in [3.05, 3.63) is 58.9 Å². The second-order valence-corrected chi connectivity index (χ2v) is 12.8. The number of fused-ring (bicyclic) bond motifs is 2.